The van der Waals surface area contributed by atoms with Gasteiger partial charge in [-0.15, -0.1) is 0 Å². The maximum Gasteiger partial charge on any atom is 0.155 e. The minimum absolute atomic E-state index is 0.138. The summed E-state index contributed by atoms with van der Waals surface area (Å²) in [7, 11) is 0. The SMILES string of the molecule is N=C(N)Cc1cnc2cnccn12. The molecule has 5 heteroatoms. The third kappa shape index (κ3) is 1.35. The predicted octanol–water partition coefficient (Wildman–Crippen LogP) is 0.208. The number of hydrogen-bond donors (Lipinski definition) is 2. The second kappa shape index (κ2) is 2.85. The van der Waals surface area contributed by atoms with Crippen molar-refractivity contribution in [3.8, 4) is 0 Å². The second-order valence-corrected chi connectivity index (χ2v) is 2.76. The molecule has 0 aliphatic heterocycles. The monoisotopic (exact) mass is 175 g/mol. The Morgan fingerprint density at radius 2 is 2.38 bits per heavy atom. The van der Waals surface area contributed by atoms with Gasteiger partial charge in [0.15, 0.2) is 5.65 Å². The Bertz CT molecular complexity index is 444. The van der Waals surface area contributed by atoms with Crippen molar-refractivity contribution in [2.24, 2.45) is 5.73 Å². The fourth-order valence-electron chi connectivity index (χ4n) is 1.22. The van der Waals surface area contributed by atoms with E-state index >= 15 is 0 Å². The number of nitrogens with zero attached hydrogens (tertiary/aromatic N) is 3. The molecule has 0 aromatic carbocycles. The van der Waals surface area contributed by atoms with E-state index in [9.17, 15) is 0 Å². The number of amidine groups is 1. The summed E-state index contributed by atoms with van der Waals surface area (Å²) in [5.41, 5.74) is 6.99. The molecule has 66 valence electrons. The lowest BCUT2D eigenvalue weighted by atomic mass is 10.3. The lowest BCUT2D eigenvalue weighted by Crippen LogP contribution is -2.13. The molecular formula is C8H9N5. The molecule has 5 nitrogen and oxygen atoms in total. The van der Waals surface area contributed by atoms with Crippen molar-refractivity contribution in [3.05, 3.63) is 30.5 Å². The number of hydrogen-bond acceptors (Lipinski definition) is 3. The second-order valence-electron chi connectivity index (χ2n) is 2.76. The maximum atomic E-state index is 7.17. The zero-order valence-corrected chi connectivity index (χ0v) is 6.94. The first-order valence-electron chi connectivity index (χ1n) is 3.86. The molecule has 0 fully saturated rings. The fraction of sp³-hybridized carbons (Fsp3) is 0.125. The van der Waals surface area contributed by atoms with Crippen molar-refractivity contribution in [1.29, 1.82) is 5.41 Å². The largest absolute Gasteiger partial charge is 0.387 e. The predicted molar refractivity (Wildman–Crippen MR) is 48.6 cm³/mol. The number of rotatable bonds is 2. The summed E-state index contributed by atoms with van der Waals surface area (Å²) < 4.78 is 1.87. The molecule has 0 spiro atoms. The summed E-state index contributed by atoms with van der Waals surface area (Å²) in [5, 5.41) is 7.17. The van der Waals surface area contributed by atoms with E-state index in [0.29, 0.717) is 6.42 Å². The van der Waals surface area contributed by atoms with Gasteiger partial charge >= 0.3 is 0 Å². The number of nitrogens with one attached hydrogen (secondary N) is 1. The van der Waals surface area contributed by atoms with Crippen LogP contribution in [0.3, 0.4) is 0 Å². The molecule has 2 aromatic rings. The quantitative estimate of drug-likeness (QED) is 0.505. The van der Waals surface area contributed by atoms with E-state index in [0.717, 1.165) is 11.3 Å². The number of fused-ring (bicyclic) bond motifs is 1. The minimum Gasteiger partial charge on any atom is -0.387 e. The third-order valence-corrected chi connectivity index (χ3v) is 1.77. The van der Waals surface area contributed by atoms with Gasteiger partial charge in [-0.1, -0.05) is 0 Å². The van der Waals surface area contributed by atoms with Gasteiger partial charge in [-0.3, -0.25) is 10.4 Å². The minimum atomic E-state index is 0.138. The van der Waals surface area contributed by atoms with E-state index < -0.39 is 0 Å². The molecule has 13 heavy (non-hydrogen) atoms. The van der Waals surface area contributed by atoms with E-state index in [4.69, 9.17) is 11.1 Å². The molecule has 2 aromatic heterocycles. The third-order valence-electron chi connectivity index (χ3n) is 1.77. The van der Waals surface area contributed by atoms with Gasteiger partial charge in [0.05, 0.1) is 17.7 Å². The van der Waals surface area contributed by atoms with Crippen LogP contribution in [0.1, 0.15) is 5.69 Å². The Hall–Kier alpha value is -1.91. The number of nitrogens with two attached hydrogens (primary N) is 1. The van der Waals surface area contributed by atoms with Crippen LogP contribution in [0.25, 0.3) is 5.65 Å². The highest BCUT2D eigenvalue weighted by Crippen LogP contribution is 2.04. The topological polar surface area (TPSA) is 80.1 Å². The van der Waals surface area contributed by atoms with Gasteiger partial charge in [-0.2, -0.15) is 0 Å². The fourth-order valence-corrected chi connectivity index (χ4v) is 1.22. The van der Waals surface area contributed by atoms with Crippen LogP contribution in [0.4, 0.5) is 0 Å². The summed E-state index contributed by atoms with van der Waals surface area (Å²) >= 11 is 0. The molecule has 0 saturated heterocycles. The molecule has 0 bridgehead atoms. The van der Waals surface area contributed by atoms with E-state index in [1.54, 1.807) is 24.8 Å². The molecule has 0 atom stereocenters. The maximum absolute atomic E-state index is 7.17. The molecule has 2 heterocycles. The van der Waals surface area contributed by atoms with Crippen molar-refractivity contribution in [1.82, 2.24) is 14.4 Å². The molecule has 0 unspecified atom stereocenters. The first-order chi connectivity index (χ1) is 6.27. The summed E-state index contributed by atoms with van der Waals surface area (Å²) in [5.74, 6) is 0.138. The van der Waals surface area contributed by atoms with Crippen LogP contribution in [-0.2, 0) is 6.42 Å². The summed E-state index contributed by atoms with van der Waals surface area (Å²) in [6.45, 7) is 0. The Kier molecular flexibility index (Phi) is 1.70. The van der Waals surface area contributed by atoms with E-state index in [1.165, 1.54) is 0 Å². The highest BCUT2D eigenvalue weighted by molar-refractivity contribution is 5.79. The average molecular weight is 175 g/mol. The van der Waals surface area contributed by atoms with Gasteiger partial charge in [0, 0.05) is 25.0 Å². The molecule has 2 rings (SSSR count). The van der Waals surface area contributed by atoms with Crippen molar-refractivity contribution >= 4 is 11.5 Å². The van der Waals surface area contributed by atoms with Crippen LogP contribution in [0.5, 0.6) is 0 Å². The van der Waals surface area contributed by atoms with Crippen molar-refractivity contribution in [3.63, 3.8) is 0 Å². The van der Waals surface area contributed by atoms with Gasteiger partial charge in [-0.05, 0) is 0 Å². The van der Waals surface area contributed by atoms with Gasteiger partial charge in [-0.25, -0.2) is 4.98 Å². The molecule has 0 amide bonds. The van der Waals surface area contributed by atoms with Crippen LogP contribution in [0, 0.1) is 5.41 Å². The van der Waals surface area contributed by atoms with Crippen LogP contribution >= 0.6 is 0 Å². The standard InChI is InChI=1S/C8H9N5/c9-7(10)3-6-4-12-8-5-11-1-2-13(6)8/h1-2,4-5H,3H2,(H3,9,10). The Labute approximate surface area is 74.7 Å². The molecule has 0 aliphatic rings. The molecule has 0 radical (unpaired) electrons. The van der Waals surface area contributed by atoms with E-state index in [1.807, 2.05) is 4.40 Å². The Balaban J connectivity index is 2.51. The Morgan fingerprint density at radius 1 is 1.54 bits per heavy atom. The zero-order valence-electron chi connectivity index (χ0n) is 6.94. The molecule has 0 aliphatic carbocycles. The lowest BCUT2D eigenvalue weighted by molar-refractivity contribution is 1.04. The van der Waals surface area contributed by atoms with Crippen LogP contribution in [0.15, 0.2) is 24.8 Å². The normalized spacial score (nSPS) is 10.5. The summed E-state index contributed by atoms with van der Waals surface area (Å²) in [6.07, 6.45) is 7.28. The highest BCUT2D eigenvalue weighted by Gasteiger charge is 2.02. The smallest absolute Gasteiger partial charge is 0.155 e. The average Bonchev–Trinajstić information content (AvgIpc) is 2.48. The highest BCUT2D eigenvalue weighted by atomic mass is 15.0. The number of aromatic nitrogens is 3. The van der Waals surface area contributed by atoms with Crippen LogP contribution in [0.2, 0.25) is 0 Å². The van der Waals surface area contributed by atoms with Crippen molar-refractivity contribution in [2.45, 2.75) is 6.42 Å². The van der Waals surface area contributed by atoms with Crippen molar-refractivity contribution in [2.75, 3.05) is 0 Å². The van der Waals surface area contributed by atoms with Crippen LogP contribution in [-0.4, -0.2) is 20.2 Å². The summed E-state index contributed by atoms with van der Waals surface area (Å²) in [4.78, 5) is 8.06. The molecule has 3 N–H and O–H groups in total. The van der Waals surface area contributed by atoms with Gasteiger partial charge in [0.25, 0.3) is 0 Å². The van der Waals surface area contributed by atoms with Gasteiger partial charge in [0.2, 0.25) is 0 Å². The van der Waals surface area contributed by atoms with E-state index in [-0.39, 0.29) is 5.84 Å². The molecule has 0 saturated carbocycles. The summed E-state index contributed by atoms with van der Waals surface area (Å²) in [6, 6.07) is 0. The van der Waals surface area contributed by atoms with Crippen LogP contribution < -0.4 is 5.73 Å². The van der Waals surface area contributed by atoms with Gasteiger partial charge in [0.1, 0.15) is 0 Å². The van der Waals surface area contributed by atoms with Crippen molar-refractivity contribution < 1.29 is 0 Å². The number of imidazole rings is 1. The Morgan fingerprint density at radius 3 is 3.15 bits per heavy atom. The lowest BCUT2D eigenvalue weighted by Gasteiger charge is -1.98. The zero-order chi connectivity index (χ0) is 9.26. The van der Waals surface area contributed by atoms with E-state index in [2.05, 4.69) is 9.97 Å². The first kappa shape index (κ1) is 7.72. The first-order valence-corrected chi connectivity index (χ1v) is 3.86. The van der Waals surface area contributed by atoms with Gasteiger partial charge < -0.3 is 10.1 Å². The molecular weight excluding hydrogens is 166 g/mol.